The Kier molecular flexibility index (Phi) is 8.74. The molecule has 2 aromatic rings. The van der Waals surface area contributed by atoms with Crippen molar-refractivity contribution in [3.05, 3.63) is 58.1 Å². The molecule has 3 rings (SSSR count). The highest BCUT2D eigenvalue weighted by atomic mass is 79.9. The van der Waals surface area contributed by atoms with Crippen LogP contribution in [-0.2, 0) is 11.3 Å². The summed E-state index contributed by atoms with van der Waals surface area (Å²) in [6.45, 7) is 5.84. The summed E-state index contributed by atoms with van der Waals surface area (Å²) in [4.78, 5) is 14.8. The molecular formula is C24H28BrN3O3. The van der Waals surface area contributed by atoms with Crippen LogP contribution in [0.2, 0.25) is 0 Å². The summed E-state index contributed by atoms with van der Waals surface area (Å²) in [5, 5.41) is 12.1. The molecule has 1 unspecified atom stereocenters. The lowest BCUT2D eigenvalue weighted by atomic mass is 9.97. The molecule has 7 heteroatoms. The van der Waals surface area contributed by atoms with Crippen molar-refractivity contribution in [3.8, 4) is 17.6 Å². The Labute approximate surface area is 192 Å². The zero-order chi connectivity index (χ0) is 22.1. The van der Waals surface area contributed by atoms with Crippen molar-refractivity contribution in [1.29, 1.82) is 5.26 Å². The number of nitrogens with zero attached hydrogens (tertiary/aromatic N) is 2. The van der Waals surface area contributed by atoms with Crippen molar-refractivity contribution in [1.82, 2.24) is 10.2 Å². The largest absolute Gasteiger partial charge is 0.490 e. The molecule has 1 heterocycles. The molecule has 1 N–H and O–H groups in total. The minimum Gasteiger partial charge on any atom is -0.490 e. The summed E-state index contributed by atoms with van der Waals surface area (Å²) in [6, 6.07) is 15.8. The standard InChI is InChI=1S/C24H28BrN3O3/c1-2-30-22-12-20(13-26)11-21(25)24(22)31-17-23(29)27-14-19-9-6-10-28(16-19)15-18-7-4-3-5-8-18/h3-5,7-8,11-12,19H,2,6,9-10,14-17H2,1H3,(H,27,29). The Morgan fingerprint density at radius 3 is 2.84 bits per heavy atom. The van der Waals surface area contributed by atoms with Crippen LogP contribution in [0.4, 0.5) is 0 Å². The molecule has 1 amide bonds. The van der Waals surface area contributed by atoms with Crippen molar-refractivity contribution in [2.75, 3.05) is 32.8 Å². The maximum Gasteiger partial charge on any atom is 0.257 e. The van der Waals surface area contributed by atoms with Crippen molar-refractivity contribution in [3.63, 3.8) is 0 Å². The lowest BCUT2D eigenvalue weighted by Gasteiger charge is -2.32. The number of carbonyl (C=O) groups is 1. The fourth-order valence-corrected chi connectivity index (χ4v) is 4.34. The third-order valence-electron chi connectivity index (χ3n) is 5.23. The zero-order valence-corrected chi connectivity index (χ0v) is 19.4. The van der Waals surface area contributed by atoms with Gasteiger partial charge in [-0.25, -0.2) is 0 Å². The van der Waals surface area contributed by atoms with E-state index in [1.54, 1.807) is 12.1 Å². The van der Waals surface area contributed by atoms with E-state index in [-0.39, 0.29) is 12.5 Å². The van der Waals surface area contributed by atoms with E-state index in [0.717, 1.165) is 32.5 Å². The van der Waals surface area contributed by atoms with Gasteiger partial charge in [0.15, 0.2) is 18.1 Å². The van der Waals surface area contributed by atoms with Crippen LogP contribution in [0.25, 0.3) is 0 Å². The van der Waals surface area contributed by atoms with Gasteiger partial charge >= 0.3 is 0 Å². The fourth-order valence-electron chi connectivity index (χ4n) is 3.79. The molecule has 0 saturated carbocycles. The molecular weight excluding hydrogens is 458 g/mol. The SMILES string of the molecule is CCOc1cc(C#N)cc(Br)c1OCC(=O)NCC1CCCN(Cc2ccccc2)C1. The molecule has 6 nitrogen and oxygen atoms in total. The Morgan fingerprint density at radius 2 is 2.10 bits per heavy atom. The van der Waals surface area contributed by atoms with Crippen molar-refractivity contribution >= 4 is 21.8 Å². The first-order valence-corrected chi connectivity index (χ1v) is 11.4. The molecule has 1 aliphatic rings. The van der Waals surface area contributed by atoms with E-state index in [4.69, 9.17) is 14.7 Å². The molecule has 1 saturated heterocycles. The lowest BCUT2D eigenvalue weighted by molar-refractivity contribution is -0.123. The number of ether oxygens (including phenoxy) is 2. The summed E-state index contributed by atoms with van der Waals surface area (Å²) in [5.74, 6) is 1.15. The Bertz CT molecular complexity index is 914. The first-order valence-electron chi connectivity index (χ1n) is 10.6. The number of nitrogens with one attached hydrogen (secondary N) is 1. The highest BCUT2D eigenvalue weighted by molar-refractivity contribution is 9.10. The average molecular weight is 486 g/mol. The van der Waals surface area contributed by atoms with Crippen LogP contribution >= 0.6 is 15.9 Å². The smallest absolute Gasteiger partial charge is 0.257 e. The van der Waals surface area contributed by atoms with E-state index in [9.17, 15) is 4.79 Å². The number of benzene rings is 2. The summed E-state index contributed by atoms with van der Waals surface area (Å²) in [5.41, 5.74) is 1.78. The molecule has 31 heavy (non-hydrogen) atoms. The molecule has 164 valence electrons. The number of likely N-dealkylation sites (tertiary alicyclic amines) is 1. The molecule has 1 fully saturated rings. The van der Waals surface area contributed by atoms with Gasteiger partial charge in [-0.3, -0.25) is 9.69 Å². The van der Waals surface area contributed by atoms with Crippen LogP contribution in [0, 0.1) is 17.2 Å². The van der Waals surface area contributed by atoms with Gasteiger partial charge < -0.3 is 14.8 Å². The summed E-state index contributed by atoms with van der Waals surface area (Å²) >= 11 is 3.40. The van der Waals surface area contributed by atoms with Crippen LogP contribution in [-0.4, -0.2) is 43.7 Å². The number of hydrogen-bond acceptors (Lipinski definition) is 5. The molecule has 1 atom stereocenters. The van der Waals surface area contributed by atoms with Gasteiger partial charge in [0.2, 0.25) is 0 Å². The fraction of sp³-hybridized carbons (Fsp3) is 0.417. The predicted molar refractivity (Wildman–Crippen MR) is 123 cm³/mol. The second-order valence-corrected chi connectivity index (χ2v) is 8.51. The number of hydrogen-bond donors (Lipinski definition) is 1. The van der Waals surface area contributed by atoms with E-state index >= 15 is 0 Å². The molecule has 2 aromatic carbocycles. The highest BCUT2D eigenvalue weighted by Crippen LogP contribution is 2.36. The van der Waals surface area contributed by atoms with Crippen LogP contribution in [0.3, 0.4) is 0 Å². The van der Waals surface area contributed by atoms with Crippen LogP contribution < -0.4 is 14.8 Å². The monoisotopic (exact) mass is 485 g/mol. The van der Waals surface area contributed by atoms with Crippen molar-refractivity contribution in [2.24, 2.45) is 5.92 Å². The lowest BCUT2D eigenvalue weighted by Crippen LogP contribution is -2.41. The highest BCUT2D eigenvalue weighted by Gasteiger charge is 2.21. The molecule has 0 aliphatic carbocycles. The topological polar surface area (TPSA) is 74.6 Å². The van der Waals surface area contributed by atoms with Crippen LogP contribution in [0.5, 0.6) is 11.5 Å². The minimum absolute atomic E-state index is 0.106. The molecule has 0 radical (unpaired) electrons. The van der Waals surface area contributed by atoms with E-state index in [0.29, 0.717) is 40.6 Å². The number of carbonyl (C=O) groups excluding carboxylic acids is 1. The summed E-state index contributed by atoms with van der Waals surface area (Å²) in [6.07, 6.45) is 2.25. The van der Waals surface area contributed by atoms with E-state index in [1.165, 1.54) is 5.56 Å². The second kappa shape index (κ2) is 11.7. The third kappa shape index (κ3) is 6.98. The van der Waals surface area contributed by atoms with E-state index < -0.39 is 0 Å². The van der Waals surface area contributed by atoms with Crippen LogP contribution in [0.15, 0.2) is 46.9 Å². The third-order valence-corrected chi connectivity index (χ3v) is 5.82. The molecule has 0 spiro atoms. The van der Waals surface area contributed by atoms with Gasteiger partial charge in [0.25, 0.3) is 5.91 Å². The molecule has 0 bridgehead atoms. The van der Waals surface area contributed by atoms with Crippen molar-refractivity contribution in [2.45, 2.75) is 26.3 Å². The average Bonchev–Trinajstić information content (AvgIpc) is 2.78. The number of rotatable bonds is 9. The van der Waals surface area contributed by atoms with Crippen molar-refractivity contribution < 1.29 is 14.3 Å². The Hall–Kier alpha value is -2.56. The number of halogens is 1. The summed E-state index contributed by atoms with van der Waals surface area (Å²) in [7, 11) is 0. The Balaban J connectivity index is 1.48. The first kappa shape index (κ1) is 23.1. The predicted octanol–water partition coefficient (Wildman–Crippen LogP) is 4.13. The summed E-state index contributed by atoms with van der Waals surface area (Å²) < 4.78 is 11.9. The van der Waals surface area contributed by atoms with Gasteiger partial charge in [0.1, 0.15) is 0 Å². The van der Waals surface area contributed by atoms with Gasteiger partial charge in [0, 0.05) is 25.7 Å². The molecule has 1 aliphatic heterocycles. The van der Waals surface area contributed by atoms with Gasteiger partial charge in [0.05, 0.1) is 22.7 Å². The number of nitriles is 1. The van der Waals surface area contributed by atoms with E-state index in [2.05, 4.69) is 56.5 Å². The maximum absolute atomic E-state index is 12.4. The number of amides is 1. The van der Waals surface area contributed by atoms with E-state index in [1.807, 2.05) is 13.0 Å². The quantitative estimate of drug-likeness (QED) is 0.577. The van der Waals surface area contributed by atoms with Gasteiger partial charge in [-0.1, -0.05) is 30.3 Å². The van der Waals surface area contributed by atoms with Gasteiger partial charge in [-0.15, -0.1) is 0 Å². The first-order chi connectivity index (χ1) is 15.1. The molecule has 0 aromatic heterocycles. The maximum atomic E-state index is 12.4. The zero-order valence-electron chi connectivity index (χ0n) is 17.8. The number of piperidine rings is 1. The second-order valence-electron chi connectivity index (χ2n) is 7.65. The normalized spacial score (nSPS) is 16.4. The minimum atomic E-state index is -0.168. The Morgan fingerprint density at radius 1 is 1.29 bits per heavy atom. The van der Waals surface area contributed by atoms with Gasteiger partial charge in [-0.2, -0.15) is 5.26 Å². The van der Waals surface area contributed by atoms with Gasteiger partial charge in [-0.05, 0) is 59.8 Å². The van der Waals surface area contributed by atoms with Crippen LogP contribution in [0.1, 0.15) is 30.9 Å².